The summed E-state index contributed by atoms with van der Waals surface area (Å²) in [6.45, 7) is 7.54. The van der Waals surface area contributed by atoms with Crippen molar-refractivity contribution in [3.63, 3.8) is 0 Å². The van der Waals surface area contributed by atoms with Crippen LogP contribution in [0.5, 0.6) is 0 Å². The molecule has 20 heavy (non-hydrogen) atoms. The van der Waals surface area contributed by atoms with Crippen LogP contribution in [0.2, 0.25) is 0 Å². The molecule has 0 radical (unpaired) electrons. The summed E-state index contributed by atoms with van der Waals surface area (Å²) in [5.41, 5.74) is 1.13. The number of rotatable bonds is 3. The number of hydrogen-bond donors (Lipinski definition) is 0. The van der Waals surface area contributed by atoms with E-state index in [0.717, 1.165) is 30.0 Å². The number of carbonyl (C=O) groups is 1. The molecule has 1 amide bonds. The maximum Gasteiger partial charge on any atom is 0.264 e. The number of nitrogens with zero attached hydrogens (tertiary/aromatic N) is 2. The SMILES string of the molecule is CCN1CCCC1C1CCCN1C(=O)c1sccc1C. The van der Waals surface area contributed by atoms with Crippen molar-refractivity contribution in [3.05, 3.63) is 21.9 Å². The van der Waals surface area contributed by atoms with E-state index >= 15 is 0 Å². The van der Waals surface area contributed by atoms with E-state index in [1.54, 1.807) is 11.3 Å². The lowest BCUT2D eigenvalue weighted by molar-refractivity contribution is 0.0654. The summed E-state index contributed by atoms with van der Waals surface area (Å²) in [6, 6.07) is 3.08. The second-order valence-electron chi connectivity index (χ2n) is 5.98. The summed E-state index contributed by atoms with van der Waals surface area (Å²) in [5, 5.41) is 2.03. The van der Waals surface area contributed by atoms with Gasteiger partial charge in [0.2, 0.25) is 0 Å². The largest absolute Gasteiger partial charge is 0.333 e. The van der Waals surface area contributed by atoms with Crippen molar-refractivity contribution in [1.82, 2.24) is 9.80 Å². The van der Waals surface area contributed by atoms with Gasteiger partial charge in [0.15, 0.2) is 0 Å². The molecule has 1 aromatic rings. The van der Waals surface area contributed by atoms with Crippen LogP contribution in [0.25, 0.3) is 0 Å². The summed E-state index contributed by atoms with van der Waals surface area (Å²) in [5.74, 6) is 0.267. The molecule has 2 aliphatic heterocycles. The third-order valence-electron chi connectivity index (χ3n) is 4.88. The van der Waals surface area contributed by atoms with Crippen molar-refractivity contribution in [1.29, 1.82) is 0 Å². The van der Waals surface area contributed by atoms with Crippen LogP contribution in [-0.4, -0.2) is 47.4 Å². The third-order valence-corrected chi connectivity index (χ3v) is 5.89. The molecule has 2 atom stereocenters. The summed E-state index contributed by atoms with van der Waals surface area (Å²) in [7, 11) is 0. The zero-order chi connectivity index (χ0) is 14.1. The summed E-state index contributed by atoms with van der Waals surface area (Å²) in [6.07, 6.45) is 4.88. The van der Waals surface area contributed by atoms with Crippen LogP contribution in [0.1, 0.15) is 47.8 Å². The second kappa shape index (κ2) is 5.86. The molecule has 0 spiro atoms. The minimum absolute atomic E-state index is 0.267. The summed E-state index contributed by atoms with van der Waals surface area (Å²) >= 11 is 1.59. The van der Waals surface area contributed by atoms with Gasteiger partial charge in [-0.25, -0.2) is 0 Å². The fourth-order valence-corrected chi connectivity index (χ4v) is 4.73. The van der Waals surface area contributed by atoms with Crippen LogP contribution in [-0.2, 0) is 0 Å². The molecule has 2 aliphatic rings. The van der Waals surface area contributed by atoms with Gasteiger partial charge in [-0.05, 0) is 62.7 Å². The van der Waals surface area contributed by atoms with Gasteiger partial charge >= 0.3 is 0 Å². The van der Waals surface area contributed by atoms with Gasteiger partial charge in [-0.1, -0.05) is 6.92 Å². The first-order valence-electron chi connectivity index (χ1n) is 7.81. The minimum atomic E-state index is 0.267. The topological polar surface area (TPSA) is 23.6 Å². The Hall–Kier alpha value is -0.870. The fourth-order valence-electron chi connectivity index (χ4n) is 3.85. The van der Waals surface area contributed by atoms with E-state index in [1.807, 2.05) is 12.3 Å². The van der Waals surface area contributed by atoms with Crippen molar-refractivity contribution in [2.45, 2.75) is 51.6 Å². The normalized spacial score (nSPS) is 27.4. The Balaban J connectivity index is 1.79. The first kappa shape index (κ1) is 14.1. The Morgan fingerprint density at radius 3 is 2.75 bits per heavy atom. The van der Waals surface area contributed by atoms with E-state index in [1.165, 1.54) is 25.8 Å². The van der Waals surface area contributed by atoms with Gasteiger partial charge in [0.25, 0.3) is 5.91 Å². The molecular formula is C16H24N2OS. The zero-order valence-corrected chi connectivity index (χ0v) is 13.3. The Morgan fingerprint density at radius 2 is 2.05 bits per heavy atom. The number of hydrogen-bond acceptors (Lipinski definition) is 3. The molecule has 0 N–H and O–H groups in total. The van der Waals surface area contributed by atoms with Crippen LogP contribution in [0.3, 0.4) is 0 Å². The zero-order valence-electron chi connectivity index (χ0n) is 12.5. The Kier molecular flexibility index (Phi) is 4.13. The average Bonchev–Trinajstić information content (AvgIpc) is 3.17. The molecule has 1 aromatic heterocycles. The van der Waals surface area contributed by atoms with Gasteiger partial charge < -0.3 is 4.90 Å². The molecule has 3 rings (SSSR count). The third kappa shape index (κ3) is 2.40. The monoisotopic (exact) mass is 292 g/mol. The van der Waals surface area contributed by atoms with Crippen molar-refractivity contribution in [3.8, 4) is 0 Å². The number of amides is 1. The number of aryl methyl sites for hydroxylation is 1. The molecule has 3 heterocycles. The average molecular weight is 292 g/mol. The Bertz CT molecular complexity index is 485. The van der Waals surface area contributed by atoms with Crippen molar-refractivity contribution < 1.29 is 4.79 Å². The van der Waals surface area contributed by atoms with Crippen LogP contribution in [0.4, 0.5) is 0 Å². The number of likely N-dealkylation sites (tertiary alicyclic amines) is 2. The predicted molar refractivity (Wildman–Crippen MR) is 83.4 cm³/mol. The smallest absolute Gasteiger partial charge is 0.264 e. The molecule has 0 saturated carbocycles. The van der Waals surface area contributed by atoms with Gasteiger partial charge in [-0.15, -0.1) is 11.3 Å². The standard InChI is InChI=1S/C16H24N2OS/c1-3-17-9-4-6-13(17)14-7-5-10-18(14)16(19)15-12(2)8-11-20-15/h8,11,13-14H,3-7,9-10H2,1-2H3. The minimum Gasteiger partial charge on any atom is -0.333 e. The molecule has 4 heteroatoms. The highest BCUT2D eigenvalue weighted by Crippen LogP contribution is 2.32. The molecule has 110 valence electrons. The highest BCUT2D eigenvalue weighted by molar-refractivity contribution is 7.12. The quantitative estimate of drug-likeness (QED) is 0.854. The van der Waals surface area contributed by atoms with Crippen LogP contribution >= 0.6 is 11.3 Å². The van der Waals surface area contributed by atoms with Gasteiger partial charge in [0.1, 0.15) is 0 Å². The lowest BCUT2D eigenvalue weighted by Gasteiger charge is -2.34. The van der Waals surface area contributed by atoms with E-state index in [2.05, 4.69) is 22.8 Å². The summed E-state index contributed by atoms with van der Waals surface area (Å²) in [4.78, 5) is 18.5. The highest BCUT2D eigenvalue weighted by atomic mass is 32.1. The van der Waals surface area contributed by atoms with Gasteiger partial charge in [-0.3, -0.25) is 9.69 Å². The fraction of sp³-hybridized carbons (Fsp3) is 0.688. The van der Waals surface area contributed by atoms with Crippen LogP contribution < -0.4 is 0 Å². The number of likely N-dealkylation sites (N-methyl/N-ethyl adjacent to an activating group) is 1. The van der Waals surface area contributed by atoms with E-state index in [0.29, 0.717) is 12.1 Å². The van der Waals surface area contributed by atoms with Gasteiger partial charge in [0.05, 0.1) is 4.88 Å². The highest BCUT2D eigenvalue weighted by Gasteiger charge is 2.39. The Labute approximate surface area is 125 Å². The molecule has 0 bridgehead atoms. The molecule has 3 nitrogen and oxygen atoms in total. The van der Waals surface area contributed by atoms with Gasteiger partial charge in [-0.2, -0.15) is 0 Å². The predicted octanol–water partition coefficient (Wildman–Crippen LogP) is 3.15. The van der Waals surface area contributed by atoms with E-state index in [-0.39, 0.29) is 5.91 Å². The summed E-state index contributed by atoms with van der Waals surface area (Å²) < 4.78 is 0. The van der Waals surface area contributed by atoms with Crippen LogP contribution in [0.15, 0.2) is 11.4 Å². The van der Waals surface area contributed by atoms with Crippen LogP contribution in [0, 0.1) is 6.92 Å². The first-order valence-corrected chi connectivity index (χ1v) is 8.69. The number of carbonyl (C=O) groups excluding carboxylic acids is 1. The van der Waals surface area contributed by atoms with Crippen molar-refractivity contribution in [2.75, 3.05) is 19.6 Å². The molecular weight excluding hydrogens is 268 g/mol. The van der Waals surface area contributed by atoms with Crippen molar-refractivity contribution >= 4 is 17.2 Å². The van der Waals surface area contributed by atoms with Gasteiger partial charge in [0, 0.05) is 18.6 Å². The van der Waals surface area contributed by atoms with E-state index < -0.39 is 0 Å². The maximum atomic E-state index is 12.8. The molecule has 2 saturated heterocycles. The van der Waals surface area contributed by atoms with E-state index in [9.17, 15) is 4.79 Å². The second-order valence-corrected chi connectivity index (χ2v) is 6.90. The van der Waals surface area contributed by atoms with E-state index in [4.69, 9.17) is 0 Å². The maximum absolute atomic E-state index is 12.8. The molecule has 2 unspecified atom stereocenters. The first-order chi connectivity index (χ1) is 9.72. The number of thiophene rings is 1. The lowest BCUT2D eigenvalue weighted by Crippen LogP contribution is -2.48. The Morgan fingerprint density at radius 1 is 1.30 bits per heavy atom. The molecule has 0 aromatic carbocycles. The van der Waals surface area contributed by atoms with Crippen molar-refractivity contribution in [2.24, 2.45) is 0 Å². The lowest BCUT2D eigenvalue weighted by atomic mass is 10.0. The molecule has 0 aliphatic carbocycles. The molecule has 2 fully saturated rings.